The van der Waals surface area contributed by atoms with Crippen LogP contribution in [0.1, 0.15) is 5.56 Å². The minimum Gasteiger partial charge on any atom is -0.456 e. The van der Waals surface area contributed by atoms with Gasteiger partial charge in [-0.25, -0.2) is 0 Å². The van der Waals surface area contributed by atoms with E-state index in [2.05, 4.69) is 97.9 Å². The maximum Gasteiger partial charge on any atom is 0.136 e. The predicted molar refractivity (Wildman–Crippen MR) is 154 cm³/mol. The Bertz CT molecular complexity index is 2090. The smallest absolute Gasteiger partial charge is 0.136 e. The van der Waals surface area contributed by atoms with E-state index in [4.69, 9.17) is 8.83 Å². The minimum absolute atomic E-state index is 0.883. The summed E-state index contributed by atoms with van der Waals surface area (Å²) in [6, 6.07) is 40.4. The summed E-state index contributed by atoms with van der Waals surface area (Å²) in [5, 5.41) is 9.36. The standard InChI is InChI=1S/C35H22O2/c1-21-25-13-5-2-10-22(25)18-28-33(21)35(32-20-24-12-4-9-17-30(24)37-32)27-15-7-6-14-26(27)34(28)31-19-23-11-3-8-16-29(23)36-31/h2-20H,1H3. The second-order valence-electron chi connectivity index (χ2n) is 9.74. The van der Waals surface area contributed by atoms with Crippen molar-refractivity contribution in [2.75, 3.05) is 0 Å². The van der Waals surface area contributed by atoms with E-state index in [-0.39, 0.29) is 0 Å². The van der Waals surface area contributed by atoms with E-state index in [1.54, 1.807) is 0 Å². The Morgan fingerprint density at radius 2 is 0.919 bits per heavy atom. The fourth-order valence-electron chi connectivity index (χ4n) is 5.98. The van der Waals surface area contributed by atoms with Crippen LogP contribution in [0.25, 0.3) is 76.9 Å². The van der Waals surface area contributed by atoms with Crippen molar-refractivity contribution in [3.8, 4) is 22.6 Å². The molecule has 0 saturated heterocycles. The fourth-order valence-corrected chi connectivity index (χ4v) is 5.98. The van der Waals surface area contributed by atoms with Gasteiger partial charge in [0.25, 0.3) is 0 Å². The highest BCUT2D eigenvalue weighted by Crippen LogP contribution is 2.48. The molecule has 0 unspecified atom stereocenters. The van der Waals surface area contributed by atoms with Gasteiger partial charge in [-0.05, 0) is 75.1 Å². The van der Waals surface area contributed by atoms with Crippen LogP contribution in [0, 0.1) is 6.92 Å². The van der Waals surface area contributed by atoms with Crippen LogP contribution >= 0.6 is 0 Å². The molecule has 0 amide bonds. The van der Waals surface area contributed by atoms with E-state index < -0.39 is 0 Å². The van der Waals surface area contributed by atoms with Crippen LogP contribution in [-0.4, -0.2) is 0 Å². The Morgan fingerprint density at radius 1 is 0.432 bits per heavy atom. The van der Waals surface area contributed by atoms with Crippen LogP contribution in [-0.2, 0) is 0 Å². The average Bonchev–Trinajstić information content (AvgIpc) is 3.56. The molecule has 2 nitrogen and oxygen atoms in total. The lowest BCUT2D eigenvalue weighted by molar-refractivity contribution is 0.631. The summed E-state index contributed by atoms with van der Waals surface area (Å²) in [7, 11) is 0. The molecule has 2 heterocycles. The second kappa shape index (κ2) is 7.59. The topological polar surface area (TPSA) is 26.3 Å². The second-order valence-corrected chi connectivity index (χ2v) is 9.74. The maximum atomic E-state index is 6.51. The van der Waals surface area contributed by atoms with Crippen LogP contribution in [0.15, 0.2) is 124 Å². The van der Waals surface area contributed by atoms with E-state index in [1.807, 2.05) is 24.3 Å². The van der Waals surface area contributed by atoms with Gasteiger partial charge in [0.15, 0.2) is 0 Å². The van der Waals surface area contributed by atoms with Crippen LogP contribution in [0.3, 0.4) is 0 Å². The van der Waals surface area contributed by atoms with Gasteiger partial charge in [-0.1, -0.05) is 84.9 Å². The number of para-hydroxylation sites is 2. The van der Waals surface area contributed by atoms with Crippen molar-refractivity contribution in [1.29, 1.82) is 0 Å². The molecule has 37 heavy (non-hydrogen) atoms. The quantitative estimate of drug-likeness (QED) is 0.233. The molecule has 2 heteroatoms. The lowest BCUT2D eigenvalue weighted by atomic mass is 9.85. The molecule has 6 aromatic carbocycles. The number of hydrogen-bond acceptors (Lipinski definition) is 2. The molecule has 2 aromatic heterocycles. The molecular weight excluding hydrogens is 452 g/mol. The Hall–Kier alpha value is -4.82. The van der Waals surface area contributed by atoms with Gasteiger partial charge in [-0.3, -0.25) is 0 Å². The summed E-state index contributed by atoms with van der Waals surface area (Å²) < 4.78 is 13.0. The third-order valence-electron chi connectivity index (χ3n) is 7.64. The first-order valence-electron chi connectivity index (χ1n) is 12.6. The highest BCUT2D eigenvalue weighted by atomic mass is 16.3. The molecule has 0 N–H and O–H groups in total. The zero-order valence-electron chi connectivity index (χ0n) is 20.3. The monoisotopic (exact) mass is 474 g/mol. The van der Waals surface area contributed by atoms with E-state index in [0.29, 0.717) is 0 Å². The Balaban J connectivity index is 1.62. The predicted octanol–water partition coefficient (Wildman–Crippen LogP) is 10.3. The molecule has 0 aliphatic heterocycles. The summed E-state index contributed by atoms with van der Waals surface area (Å²) >= 11 is 0. The fraction of sp³-hybridized carbons (Fsp3) is 0.0286. The average molecular weight is 475 g/mol. The van der Waals surface area contributed by atoms with Crippen LogP contribution in [0.4, 0.5) is 0 Å². The first kappa shape index (κ1) is 20.4. The molecule has 8 aromatic rings. The van der Waals surface area contributed by atoms with Gasteiger partial charge in [0.05, 0.1) is 0 Å². The molecule has 0 fully saturated rings. The zero-order valence-corrected chi connectivity index (χ0v) is 20.3. The first-order valence-corrected chi connectivity index (χ1v) is 12.6. The van der Waals surface area contributed by atoms with E-state index in [0.717, 1.165) is 55.4 Å². The van der Waals surface area contributed by atoms with Crippen molar-refractivity contribution in [1.82, 2.24) is 0 Å². The van der Waals surface area contributed by atoms with Gasteiger partial charge in [0.2, 0.25) is 0 Å². The summed E-state index contributed by atoms with van der Waals surface area (Å²) in [5.74, 6) is 1.77. The third kappa shape index (κ3) is 2.93. The van der Waals surface area contributed by atoms with Gasteiger partial charge < -0.3 is 8.83 Å². The number of rotatable bonds is 2. The van der Waals surface area contributed by atoms with Crippen molar-refractivity contribution in [2.45, 2.75) is 6.92 Å². The van der Waals surface area contributed by atoms with E-state index in [9.17, 15) is 0 Å². The molecule has 0 saturated carbocycles. The molecule has 0 aliphatic rings. The summed E-state index contributed by atoms with van der Waals surface area (Å²) in [6.07, 6.45) is 0. The normalized spacial score (nSPS) is 11.9. The lowest BCUT2D eigenvalue weighted by Crippen LogP contribution is -1.93. The molecule has 8 rings (SSSR count). The Morgan fingerprint density at radius 3 is 1.54 bits per heavy atom. The largest absolute Gasteiger partial charge is 0.456 e. The number of hydrogen-bond donors (Lipinski definition) is 0. The molecular formula is C35H22O2. The summed E-state index contributed by atoms with van der Waals surface area (Å²) in [5.41, 5.74) is 5.29. The number of benzene rings is 6. The SMILES string of the molecule is Cc1c2ccccc2cc2c(-c3cc4ccccc4o3)c3ccccc3c(-c3cc4ccccc4o3)c12. The minimum atomic E-state index is 0.883. The number of aryl methyl sites for hydroxylation is 1. The van der Waals surface area contributed by atoms with Gasteiger partial charge in [-0.15, -0.1) is 0 Å². The molecule has 0 spiro atoms. The first-order chi connectivity index (χ1) is 18.3. The Kier molecular flexibility index (Phi) is 4.18. The zero-order chi connectivity index (χ0) is 24.5. The molecule has 174 valence electrons. The van der Waals surface area contributed by atoms with Crippen LogP contribution in [0.2, 0.25) is 0 Å². The van der Waals surface area contributed by atoms with Crippen molar-refractivity contribution < 1.29 is 8.83 Å². The van der Waals surface area contributed by atoms with E-state index in [1.165, 1.54) is 27.1 Å². The highest BCUT2D eigenvalue weighted by Gasteiger charge is 2.23. The van der Waals surface area contributed by atoms with E-state index >= 15 is 0 Å². The van der Waals surface area contributed by atoms with Crippen molar-refractivity contribution in [2.24, 2.45) is 0 Å². The van der Waals surface area contributed by atoms with Crippen molar-refractivity contribution in [3.63, 3.8) is 0 Å². The van der Waals surface area contributed by atoms with Gasteiger partial charge in [0.1, 0.15) is 22.7 Å². The van der Waals surface area contributed by atoms with Crippen molar-refractivity contribution >= 4 is 54.3 Å². The Labute approximate surface area is 213 Å². The molecule has 0 aliphatic carbocycles. The maximum absolute atomic E-state index is 6.51. The van der Waals surface area contributed by atoms with Gasteiger partial charge in [-0.2, -0.15) is 0 Å². The number of furan rings is 2. The lowest BCUT2D eigenvalue weighted by Gasteiger charge is -2.18. The number of fused-ring (bicyclic) bond motifs is 5. The third-order valence-corrected chi connectivity index (χ3v) is 7.64. The molecule has 0 radical (unpaired) electrons. The summed E-state index contributed by atoms with van der Waals surface area (Å²) in [4.78, 5) is 0. The molecule has 0 atom stereocenters. The highest BCUT2D eigenvalue weighted by molar-refractivity contribution is 6.24. The summed E-state index contributed by atoms with van der Waals surface area (Å²) in [6.45, 7) is 2.23. The van der Waals surface area contributed by atoms with Crippen LogP contribution < -0.4 is 0 Å². The van der Waals surface area contributed by atoms with Gasteiger partial charge in [0, 0.05) is 21.9 Å². The molecule has 0 bridgehead atoms. The van der Waals surface area contributed by atoms with Crippen LogP contribution in [0.5, 0.6) is 0 Å². The van der Waals surface area contributed by atoms with Crippen molar-refractivity contribution in [3.05, 3.63) is 121 Å². The van der Waals surface area contributed by atoms with Gasteiger partial charge >= 0.3 is 0 Å².